The SMILES string of the molecule is CC(C)CNC(C#N)c1ccc(Cl)c(Cl)c1. The van der Waals surface area contributed by atoms with Crippen LogP contribution in [0.2, 0.25) is 10.0 Å². The summed E-state index contributed by atoms with van der Waals surface area (Å²) in [6, 6.07) is 7.12. The summed E-state index contributed by atoms with van der Waals surface area (Å²) < 4.78 is 0. The molecule has 0 aromatic heterocycles. The molecule has 0 aliphatic heterocycles. The number of benzene rings is 1. The lowest BCUT2D eigenvalue weighted by molar-refractivity contribution is 0.525. The summed E-state index contributed by atoms with van der Waals surface area (Å²) in [5.74, 6) is 0.499. The van der Waals surface area contributed by atoms with E-state index < -0.39 is 0 Å². The summed E-state index contributed by atoms with van der Waals surface area (Å²) in [4.78, 5) is 0. The molecule has 0 heterocycles. The Morgan fingerprint density at radius 1 is 1.31 bits per heavy atom. The molecule has 86 valence electrons. The maximum Gasteiger partial charge on any atom is 0.121 e. The van der Waals surface area contributed by atoms with Gasteiger partial charge in [0.05, 0.1) is 16.1 Å². The maximum atomic E-state index is 9.06. The topological polar surface area (TPSA) is 35.8 Å². The van der Waals surface area contributed by atoms with Gasteiger partial charge in [-0.3, -0.25) is 5.32 Å². The third kappa shape index (κ3) is 3.68. The number of nitriles is 1. The fourth-order valence-electron chi connectivity index (χ4n) is 1.28. The van der Waals surface area contributed by atoms with Crippen molar-refractivity contribution in [2.75, 3.05) is 6.54 Å². The van der Waals surface area contributed by atoms with E-state index in [4.69, 9.17) is 28.5 Å². The first-order valence-electron chi connectivity index (χ1n) is 5.12. The first kappa shape index (κ1) is 13.3. The molecule has 0 saturated heterocycles. The maximum absolute atomic E-state index is 9.06. The second-order valence-electron chi connectivity index (χ2n) is 4.04. The van der Waals surface area contributed by atoms with Crippen molar-refractivity contribution in [2.45, 2.75) is 19.9 Å². The van der Waals surface area contributed by atoms with E-state index in [1.54, 1.807) is 12.1 Å². The molecule has 16 heavy (non-hydrogen) atoms. The summed E-state index contributed by atoms with van der Waals surface area (Å²) in [7, 11) is 0. The van der Waals surface area contributed by atoms with Gasteiger partial charge in [-0.15, -0.1) is 0 Å². The van der Waals surface area contributed by atoms with Crippen molar-refractivity contribution in [2.24, 2.45) is 5.92 Å². The van der Waals surface area contributed by atoms with Crippen LogP contribution in [-0.2, 0) is 0 Å². The monoisotopic (exact) mass is 256 g/mol. The summed E-state index contributed by atoms with van der Waals surface area (Å²) in [6.07, 6.45) is 0. The van der Waals surface area contributed by atoms with Crippen LogP contribution in [0.5, 0.6) is 0 Å². The van der Waals surface area contributed by atoms with Crippen LogP contribution in [0.1, 0.15) is 25.5 Å². The zero-order chi connectivity index (χ0) is 12.1. The number of hydrogen-bond acceptors (Lipinski definition) is 2. The third-order valence-electron chi connectivity index (χ3n) is 2.14. The zero-order valence-electron chi connectivity index (χ0n) is 9.30. The molecule has 0 fully saturated rings. The van der Waals surface area contributed by atoms with Crippen LogP contribution >= 0.6 is 23.2 Å². The van der Waals surface area contributed by atoms with Crippen LogP contribution < -0.4 is 5.32 Å². The van der Waals surface area contributed by atoms with E-state index in [2.05, 4.69) is 25.2 Å². The van der Waals surface area contributed by atoms with Gasteiger partial charge in [0.15, 0.2) is 0 Å². The Balaban J connectivity index is 2.80. The molecule has 0 saturated carbocycles. The lowest BCUT2D eigenvalue weighted by atomic mass is 10.1. The molecule has 1 unspecified atom stereocenters. The Bertz CT molecular complexity index is 396. The lowest BCUT2D eigenvalue weighted by Crippen LogP contribution is -2.24. The predicted molar refractivity (Wildman–Crippen MR) is 67.7 cm³/mol. The van der Waals surface area contributed by atoms with Crippen LogP contribution in [0.25, 0.3) is 0 Å². The van der Waals surface area contributed by atoms with Gasteiger partial charge in [0.1, 0.15) is 6.04 Å². The third-order valence-corrected chi connectivity index (χ3v) is 2.88. The van der Waals surface area contributed by atoms with Gasteiger partial charge in [0.2, 0.25) is 0 Å². The number of nitrogens with zero attached hydrogens (tertiary/aromatic N) is 1. The molecule has 1 aromatic carbocycles. The van der Waals surface area contributed by atoms with Crippen molar-refractivity contribution in [3.8, 4) is 6.07 Å². The van der Waals surface area contributed by atoms with E-state index in [9.17, 15) is 0 Å². The number of hydrogen-bond donors (Lipinski definition) is 1. The molecule has 0 radical (unpaired) electrons. The van der Waals surface area contributed by atoms with Gasteiger partial charge in [-0.1, -0.05) is 43.1 Å². The average molecular weight is 257 g/mol. The van der Waals surface area contributed by atoms with Gasteiger partial charge in [0, 0.05) is 0 Å². The summed E-state index contributed by atoms with van der Waals surface area (Å²) in [6.45, 7) is 4.98. The number of rotatable bonds is 4. The normalized spacial score (nSPS) is 12.5. The highest BCUT2D eigenvalue weighted by Gasteiger charge is 2.11. The van der Waals surface area contributed by atoms with Crippen molar-refractivity contribution < 1.29 is 0 Å². The van der Waals surface area contributed by atoms with Crippen LogP contribution in [0.3, 0.4) is 0 Å². The molecule has 0 aliphatic carbocycles. The fourth-order valence-corrected chi connectivity index (χ4v) is 1.59. The van der Waals surface area contributed by atoms with Gasteiger partial charge < -0.3 is 0 Å². The zero-order valence-corrected chi connectivity index (χ0v) is 10.8. The molecular weight excluding hydrogens is 243 g/mol. The standard InChI is InChI=1S/C12H14Cl2N2/c1-8(2)7-16-12(6-15)9-3-4-10(13)11(14)5-9/h3-5,8,12,16H,7H2,1-2H3. The van der Waals surface area contributed by atoms with E-state index in [1.807, 2.05) is 6.07 Å². The Morgan fingerprint density at radius 2 is 2.00 bits per heavy atom. The molecule has 0 spiro atoms. The molecule has 1 atom stereocenters. The first-order chi connectivity index (χ1) is 7.54. The van der Waals surface area contributed by atoms with Crippen LogP contribution in [-0.4, -0.2) is 6.54 Å². The molecule has 1 aromatic rings. The number of halogens is 2. The van der Waals surface area contributed by atoms with Crippen molar-refractivity contribution in [3.63, 3.8) is 0 Å². The molecule has 4 heteroatoms. The second kappa shape index (κ2) is 6.10. The van der Waals surface area contributed by atoms with Gasteiger partial charge in [-0.2, -0.15) is 5.26 Å². The van der Waals surface area contributed by atoms with Crippen LogP contribution in [0.15, 0.2) is 18.2 Å². The second-order valence-corrected chi connectivity index (χ2v) is 4.85. The van der Waals surface area contributed by atoms with E-state index in [0.29, 0.717) is 16.0 Å². The quantitative estimate of drug-likeness (QED) is 0.890. The van der Waals surface area contributed by atoms with E-state index >= 15 is 0 Å². The first-order valence-corrected chi connectivity index (χ1v) is 5.88. The molecule has 0 aliphatic rings. The summed E-state index contributed by atoms with van der Waals surface area (Å²) in [5.41, 5.74) is 0.845. The highest BCUT2D eigenvalue weighted by molar-refractivity contribution is 6.42. The minimum Gasteiger partial charge on any atom is -0.298 e. The lowest BCUT2D eigenvalue weighted by Gasteiger charge is -2.14. The molecule has 0 bridgehead atoms. The highest BCUT2D eigenvalue weighted by atomic mass is 35.5. The van der Waals surface area contributed by atoms with Gasteiger partial charge >= 0.3 is 0 Å². The van der Waals surface area contributed by atoms with Crippen LogP contribution in [0, 0.1) is 17.2 Å². The van der Waals surface area contributed by atoms with Crippen LogP contribution in [0.4, 0.5) is 0 Å². The molecule has 0 amide bonds. The minimum atomic E-state index is -0.336. The smallest absolute Gasteiger partial charge is 0.121 e. The Morgan fingerprint density at radius 3 is 2.50 bits per heavy atom. The summed E-state index contributed by atoms with van der Waals surface area (Å²) in [5, 5.41) is 13.2. The van der Waals surface area contributed by atoms with Gasteiger partial charge in [0.25, 0.3) is 0 Å². The van der Waals surface area contributed by atoms with E-state index in [-0.39, 0.29) is 6.04 Å². The molecular formula is C12H14Cl2N2. The van der Waals surface area contributed by atoms with E-state index in [0.717, 1.165) is 12.1 Å². The van der Waals surface area contributed by atoms with Gasteiger partial charge in [-0.05, 0) is 30.2 Å². The van der Waals surface area contributed by atoms with E-state index in [1.165, 1.54) is 0 Å². The summed E-state index contributed by atoms with van der Waals surface area (Å²) >= 11 is 11.7. The fraction of sp³-hybridized carbons (Fsp3) is 0.417. The van der Waals surface area contributed by atoms with Crippen molar-refractivity contribution in [3.05, 3.63) is 33.8 Å². The highest BCUT2D eigenvalue weighted by Crippen LogP contribution is 2.25. The number of nitrogens with one attached hydrogen (secondary N) is 1. The van der Waals surface area contributed by atoms with Gasteiger partial charge in [-0.25, -0.2) is 0 Å². The Hall–Kier alpha value is -0.750. The predicted octanol–water partition coefficient (Wildman–Crippen LogP) is 3.80. The van der Waals surface area contributed by atoms with Crippen molar-refractivity contribution in [1.82, 2.24) is 5.32 Å². The Labute approximate surface area is 106 Å². The largest absolute Gasteiger partial charge is 0.298 e. The van der Waals surface area contributed by atoms with Crippen molar-refractivity contribution >= 4 is 23.2 Å². The minimum absolute atomic E-state index is 0.336. The average Bonchev–Trinajstić information content (AvgIpc) is 2.23. The molecule has 1 N–H and O–H groups in total. The Kier molecular flexibility index (Phi) is 5.08. The van der Waals surface area contributed by atoms with Crippen molar-refractivity contribution in [1.29, 1.82) is 5.26 Å². The molecule has 2 nitrogen and oxygen atoms in total. The molecule has 1 rings (SSSR count).